The number of thioether (sulfide) groups is 1. The number of rotatable bonds is 7. The smallest absolute Gasteiger partial charge is 0.306 e. The SMILES string of the molecule is COC(=O)CC1(CSC(C)CC(=O)O)CC1. The van der Waals surface area contributed by atoms with E-state index >= 15 is 0 Å². The molecule has 0 spiro atoms. The molecule has 0 aromatic carbocycles. The highest BCUT2D eigenvalue weighted by atomic mass is 32.2. The van der Waals surface area contributed by atoms with E-state index in [-0.39, 0.29) is 23.1 Å². The first kappa shape index (κ1) is 13.4. The number of carboxylic acids is 1. The minimum atomic E-state index is -0.766. The van der Waals surface area contributed by atoms with Crippen LogP contribution in [-0.2, 0) is 14.3 Å². The van der Waals surface area contributed by atoms with Crippen LogP contribution in [0.4, 0.5) is 0 Å². The highest BCUT2D eigenvalue weighted by Gasteiger charge is 2.44. The first-order valence-corrected chi connectivity index (χ1v) is 6.42. The molecular weight excluding hydrogens is 228 g/mol. The summed E-state index contributed by atoms with van der Waals surface area (Å²) >= 11 is 1.64. The number of methoxy groups -OCH3 is 1. The Morgan fingerprint density at radius 2 is 2.12 bits per heavy atom. The number of carboxylic acid groups (broad SMARTS) is 1. The Labute approximate surface area is 99.7 Å². The largest absolute Gasteiger partial charge is 0.481 e. The van der Waals surface area contributed by atoms with Gasteiger partial charge in [-0.3, -0.25) is 9.59 Å². The summed E-state index contributed by atoms with van der Waals surface area (Å²) in [5.41, 5.74) is 0.0878. The molecule has 1 rings (SSSR count). The van der Waals surface area contributed by atoms with Crippen LogP contribution in [0, 0.1) is 5.41 Å². The summed E-state index contributed by atoms with van der Waals surface area (Å²) in [5, 5.41) is 8.73. The lowest BCUT2D eigenvalue weighted by Crippen LogP contribution is -2.15. The van der Waals surface area contributed by atoms with Crippen molar-refractivity contribution in [3.05, 3.63) is 0 Å². The molecule has 1 fully saturated rings. The fraction of sp³-hybridized carbons (Fsp3) is 0.818. The standard InChI is InChI=1S/C11H18O4S/c1-8(5-9(12)13)16-7-11(3-4-11)6-10(14)15-2/h8H,3-7H2,1-2H3,(H,12,13). The number of hydrogen-bond donors (Lipinski definition) is 1. The van der Waals surface area contributed by atoms with Crippen LogP contribution < -0.4 is 0 Å². The van der Waals surface area contributed by atoms with E-state index in [0.717, 1.165) is 18.6 Å². The van der Waals surface area contributed by atoms with Gasteiger partial charge in [-0.2, -0.15) is 11.8 Å². The Morgan fingerprint density at radius 3 is 2.56 bits per heavy atom. The van der Waals surface area contributed by atoms with Crippen molar-refractivity contribution < 1.29 is 19.4 Å². The molecule has 0 bridgehead atoms. The summed E-state index contributed by atoms with van der Waals surface area (Å²) in [4.78, 5) is 21.7. The van der Waals surface area contributed by atoms with Crippen LogP contribution in [0.5, 0.6) is 0 Å². The zero-order valence-electron chi connectivity index (χ0n) is 9.69. The van der Waals surface area contributed by atoms with Crippen LogP contribution in [-0.4, -0.2) is 35.2 Å². The maximum absolute atomic E-state index is 11.2. The molecule has 0 aromatic rings. The third-order valence-corrected chi connectivity index (χ3v) is 4.35. The highest BCUT2D eigenvalue weighted by Crippen LogP contribution is 2.51. The summed E-state index contributed by atoms with van der Waals surface area (Å²) in [6.07, 6.45) is 2.75. The predicted molar refractivity (Wildman–Crippen MR) is 62.5 cm³/mol. The molecular formula is C11H18O4S. The van der Waals surface area contributed by atoms with E-state index in [9.17, 15) is 9.59 Å². The van der Waals surface area contributed by atoms with Gasteiger partial charge in [-0.15, -0.1) is 0 Å². The zero-order valence-corrected chi connectivity index (χ0v) is 10.5. The van der Waals surface area contributed by atoms with E-state index < -0.39 is 5.97 Å². The van der Waals surface area contributed by atoms with Gasteiger partial charge in [0.2, 0.25) is 0 Å². The van der Waals surface area contributed by atoms with Crippen LogP contribution in [0.2, 0.25) is 0 Å². The Bertz CT molecular complexity index is 273. The summed E-state index contributed by atoms with van der Waals surface area (Å²) in [6.45, 7) is 1.91. The van der Waals surface area contributed by atoms with Gasteiger partial charge in [-0.1, -0.05) is 6.92 Å². The Morgan fingerprint density at radius 1 is 1.50 bits per heavy atom. The number of aliphatic carboxylic acids is 1. The van der Waals surface area contributed by atoms with E-state index in [1.165, 1.54) is 7.11 Å². The van der Waals surface area contributed by atoms with Gasteiger partial charge < -0.3 is 9.84 Å². The molecule has 4 nitrogen and oxygen atoms in total. The first-order valence-electron chi connectivity index (χ1n) is 5.38. The summed E-state index contributed by atoms with van der Waals surface area (Å²) in [5.74, 6) is -0.0712. The second-order valence-corrected chi connectivity index (χ2v) is 5.90. The van der Waals surface area contributed by atoms with Gasteiger partial charge in [0.05, 0.1) is 20.0 Å². The molecule has 0 radical (unpaired) electrons. The van der Waals surface area contributed by atoms with Crippen molar-refractivity contribution in [1.82, 2.24) is 0 Å². The molecule has 1 saturated carbocycles. The van der Waals surface area contributed by atoms with Crippen LogP contribution >= 0.6 is 11.8 Å². The number of carbonyl (C=O) groups is 2. The number of ether oxygens (including phenoxy) is 1. The molecule has 16 heavy (non-hydrogen) atoms. The van der Waals surface area contributed by atoms with Crippen LogP contribution in [0.15, 0.2) is 0 Å². The Balaban J connectivity index is 2.26. The van der Waals surface area contributed by atoms with E-state index in [0.29, 0.717) is 6.42 Å². The van der Waals surface area contributed by atoms with Crippen LogP contribution in [0.1, 0.15) is 32.6 Å². The van der Waals surface area contributed by atoms with Crippen molar-refractivity contribution in [2.24, 2.45) is 5.41 Å². The lowest BCUT2D eigenvalue weighted by atomic mass is 10.1. The second-order valence-electron chi connectivity index (χ2n) is 4.47. The normalized spacial score (nSPS) is 18.9. The van der Waals surface area contributed by atoms with Crippen molar-refractivity contribution in [2.45, 2.75) is 37.9 Å². The fourth-order valence-corrected chi connectivity index (χ4v) is 2.84. The average molecular weight is 246 g/mol. The van der Waals surface area contributed by atoms with Gasteiger partial charge in [0.15, 0.2) is 0 Å². The van der Waals surface area contributed by atoms with E-state index in [1.807, 2.05) is 6.92 Å². The molecule has 1 atom stereocenters. The van der Waals surface area contributed by atoms with Crippen molar-refractivity contribution in [3.63, 3.8) is 0 Å². The van der Waals surface area contributed by atoms with Crippen molar-refractivity contribution in [2.75, 3.05) is 12.9 Å². The van der Waals surface area contributed by atoms with E-state index in [2.05, 4.69) is 4.74 Å². The monoisotopic (exact) mass is 246 g/mol. The second kappa shape index (κ2) is 5.57. The maximum atomic E-state index is 11.2. The summed E-state index contributed by atoms with van der Waals surface area (Å²) in [7, 11) is 1.40. The van der Waals surface area contributed by atoms with E-state index in [1.54, 1.807) is 11.8 Å². The summed E-state index contributed by atoms with van der Waals surface area (Å²) < 4.78 is 4.66. The molecule has 1 aliphatic rings. The molecule has 0 saturated heterocycles. The lowest BCUT2D eigenvalue weighted by molar-refractivity contribution is -0.142. The average Bonchev–Trinajstić information content (AvgIpc) is 2.94. The maximum Gasteiger partial charge on any atom is 0.306 e. The summed E-state index contributed by atoms with van der Waals surface area (Å²) in [6, 6.07) is 0. The van der Waals surface area contributed by atoms with Gasteiger partial charge in [-0.25, -0.2) is 0 Å². The third kappa shape index (κ3) is 4.43. The molecule has 0 aromatic heterocycles. The molecule has 1 N–H and O–H groups in total. The van der Waals surface area contributed by atoms with Gasteiger partial charge in [0.1, 0.15) is 0 Å². The Kier molecular flexibility index (Phi) is 4.65. The predicted octanol–water partition coefficient (Wildman–Crippen LogP) is 1.93. The Hall–Kier alpha value is -0.710. The molecule has 1 aliphatic carbocycles. The zero-order chi connectivity index (χ0) is 12.2. The molecule has 92 valence electrons. The topological polar surface area (TPSA) is 63.6 Å². The van der Waals surface area contributed by atoms with Gasteiger partial charge in [0.25, 0.3) is 0 Å². The van der Waals surface area contributed by atoms with Gasteiger partial charge in [-0.05, 0) is 24.0 Å². The molecule has 1 unspecified atom stereocenters. The minimum Gasteiger partial charge on any atom is -0.481 e. The number of carbonyl (C=O) groups excluding carboxylic acids is 1. The number of esters is 1. The molecule has 0 amide bonds. The van der Waals surface area contributed by atoms with Crippen molar-refractivity contribution in [3.8, 4) is 0 Å². The molecule has 0 heterocycles. The number of hydrogen-bond acceptors (Lipinski definition) is 4. The third-order valence-electron chi connectivity index (χ3n) is 2.84. The van der Waals surface area contributed by atoms with E-state index in [4.69, 9.17) is 5.11 Å². The van der Waals surface area contributed by atoms with Gasteiger partial charge >= 0.3 is 11.9 Å². The fourth-order valence-electron chi connectivity index (χ4n) is 1.55. The lowest BCUT2D eigenvalue weighted by Gasteiger charge is -2.15. The van der Waals surface area contributed by atoms with Crippen LogP contribution in [0.3, 0.4) is 0 Å². The van der Waals surface area contributed by atoms with Crippen molar-refractivity contribution >= 4 is 23.7 Å². The van der Waals surface area contributed by atoms with Crippen molar-refractivity contribution in [1.29, 1.82) is 0 Å². The first-order chi connectivity index (χ1) is 7.47. The minimum absolute atomic E-state index is 0.0878. The van der Waals surface area contributed by atoms with Gasteiger partial charge in [0, 0.05) is 5.25 Å². The molecule has 0 aliphatic heterocycles. The van der Waals surface area contributed by atoms with Crippen LogP contribution in [0.25, 0.3) is 0 Å². The highest BCUT2D eigenvalue weighted by molar-refractivity contribution is 7.99. The quantitative estimate of drug-likeness (QED) is 0.695. The molecule has 5 heteroatoms.